The predicted octanol–water partition coefficient (Wildman–Crippen LogP) is 3.34. The summed E-state index contributed by atoms with van der Waals surface area (Å²) in [5.74, 6) is 1.43. The zero-order chi connectivity index (χ0) is 14.9. The van der Waals surface area contributed by atoms with Crippen molar-refractivity contribution in [2.75, 3.05) is 11.9 Å². The Labute approximate surface area is 119 Å². The van der Waals surface area contributed by atoms with Crippen molar-refractivity contribution in [3.63, 3.8) is 0 Å². The van der Waals surface area contributed by atoms with Gasteiger partial charge < -0.3 is 0 Å². The largest absolute Gasteiger partial charge is 0.299 e. The van der Waals surface area contributed by atoms with Crippen LogP contribution in [-0.2, 0) is 4.79 Å². The molecule has 1 aromatic heterocycles. The Morgan fingerprint density at radius 3 is 2.50 bits per heavy atom. The van der Waals surface area contributed by atoms with Gasteiger partial charge in [0.05, 0.1) is 5.52 Å². The Balaban J connectivity index is 2.44. The van der Waals surface area contributed by atoms with Crippen LogP contribution >= 0.6 is 0 Å². The van der Waals surface area contributed by atoms with Crippen LogP contribution in [0.25, 0.3) is 10.9 Å². The zero-order valence-electron chi connectivity index (χ0n) is 12.8. The van der Waals surface area contributed by atoms with Crippen molar-refractivity contribution in [3.05, 3.63) is 30.1 Å². The van der Waals surface area contributed by atoms with Crippen LogP contribution in [0.15, 0.2) is 24.3 Å². The monoisotopic (exact) mass is 271 g/mol. The van der Waals surface area contributed by atoms with Gasteiger partial charge in [-0.15, -0.1) is 0 Å². The van der Waals surface area contributed by atoms with Gasteiger partial charge in [-0.2, -0.15) is 0 Å². The fourth-order valence-electron chi connectivity index (χ4n) is 2.12. The first kappa shape index (κ1) is 14.4. The number of anilines is 1. The second-order valence-corrected chi connectivity index (χ2v) is 6.30. The molecule has 0 N–H and O–H groups in total. The van der Waals surface area contributed by atoms with Crippen LogP contribution in [0.1, 0.15) is 33.0 Å². The van der Waals surface area contributed by atoms with Gasteiger partial charge in [0.25, 0.3) is 0 Å². The molecular formula is C16H21N3O. The molecular weight excluding hydrogens is 250 g/mol. The van der Waals surface area contributed by atoms with E-state index in [0.29, 0.717) is 18.1 Å². The molecule has 106 valence electrons. The summed E-state index contributed by atoms with van der Waals surface area (Å²) in [7, 11) is 1.78. The van der Waals surface area contributed by atoms with E-state index in [4.69, 9.17) is 0 Å². The van der Waals surface area contributed by atoms with E-state index in [0.717, 1.165) is 10.9 Å². The second kappa shape index (κ2) is 5.19. The highest BCUT2D eigenvalue weighted by Gasteiger charge is 2.22. The summed E-state index contributed by atoms with van der Waals surface area (Å²) >= 11 is 0. The van der Waals surface area contributed by atoms with Crippen molar-refractivity contribution < 1.29 is 4.79 Å². The maximum Gasteiger partial charge on any atom is 0.228 e. The van der Waals surface area contributed by atoms with Crippen molar-refractivity contribution in [2.24, 2.45) is 5.41 Å². The number of carbonyl (C=O) groups excluding carboxylic acids is 1. The molecule has 0 bridgehead atoms. The number of fused-ring (bicyclic) bond motifs is 1. The molecule has 1 amide bonds. The third-order valence-electron chi connectivity index (χ3n) is 3.07. The summed E-state index contributed by atoms with van der Waals surface area (Å²) < 4.78 is 0. The lowest BCUT2D eigenvalue weighted by Gasteiger charge is -2.23. The number of para-hydroxylation sites is 1. The lowest BCUT2D eigenvalue weighted by atomic mass is 9.91. The number of benzene rings is 1. The first-order valence-corrected chi connectivity index (χ1v) is 6.78. The quantitative estimate of drug-likeness (QED) is 0.841. The Kier molecular flexibility index (Phi) is 3.75. The minimum Gasteiger partial charge on any atom is -0.299 e. The number of carbonyl (C=O) groups is 1. The molecule has 0 saturated heterocycles. The third-order valence-corrected chi connectivity index (χ3v) is 3.07. The molecule has 0 aliphatic rings. The summed E-state index contributed by atoms with van der Waals surface area (Å²) in [5, 5.41) is 0.905. The van der Waals surface area contributed by atoms with Gasteiger partial charge in [-0.3, -0.25) is 9.69 Å². The maximum absolute atomic E-state index is 12.4. The van der Waals surface area contributed by atoms with E-state index in [1.165, 1.54) is 0 Å². The summed E-state index contributed by atoms with van der Waals surface area (Å²) in [6, 6.07) is 7.77. The average Bonchev–Trinajstić information content (AvgIpc) is 2.34. The van der Waals surface area contributed by atoms with E-state index in [1.807, 2.05) is 31.2 Å². The number of aryl methyl sites for hydroxylation is 1. The topological polar surface area (TPSA) is 46.1 Å². The van der Waals surface area contributed by atoms with Gasteiger partial charge in [0, 0.05) is 18.9 Å². The minimum atomic E-state index is -0.0385. The van der Waals surface area contributed by atoms with Gasteiger partial charge >= 0.3 is 0 Å². The highest BCUT2D eigenvalue weighted by atomic mass is 16.2. The molecule has 0 atom stereocenters. The molecule has 0 spiro atoms. The van der Waals surface area contributed by atoms with Gasteiger partial charge in [-0.25, -0.2) is 9.97 Å². The van der Waals surface area contributed by atoms with Crippen LogP contribution in [0.4, 0.5) is 5.82 Å². The lowest BCUT2D eigenvalue weighted by Crippen LogP contribution is -2.31. The lowest BCUT2D eigenvalue weighted by molar-refractivity contribution is -0.120. The standard InChI is InChI=1S/C16H21N3O/c1-11-17-13-9-7-6-8-12(13)15(18-11)19(5)14(20)10-16(2,3)4/h6-9H,10H2,1-5H3. The molecule has 0 saturated carbocycles. The molecule has 2 aromatic rings. The van der Waals surface area contributed by atoms with E-state index in [2.05, 4.69) is 30.7 Å². The summed E-state index contributed by atoms with van der Waals surface area (Å²) in [5.41, 5.74) is 0.828. The second-order valence-electron chi connectivity index (χ2n) is 6.30. The Morgan fingerprint density at radius 2 is 1.85 bits per heavy atom. The highest BCUT2D eigenvalue weighted by molar-refractivity contribution is 6.00. The molecule has 0 unspecified atom stereocenters. The molecule has 0 aliphatic heterocycles. The molecule has 1 heterocycles. The molecule has 1 aromatic carbocycles. The first-order chi connectivity index (χ1) is 9.28. The summed E-state index contributed by atoms with van der Waals surface area (Å²) in [6.45, 7) is 8.02. The van der Waals surface area contributed by atoms with Crippen molar-refractivity contribution >= 4 is 22.6 Å². The van der Waals surface area contributed by atoms with Gasteiger partial charge in [0.2, 0.25) is 5.91 Å². The number of amides is 1. The molecule has 0 fully saturated rings. The van der Waals surface area contributed by atoms with E-state index >= 15 is 0 Å². The molecule has 0 aliphatic carbocycles. The SMILES string of the molecule is Cc1nc(N(C)C(=O)CC(C)(C)C)c2ccccc2n1. The molecule has 0 radical (unpaired) electrons. The summed E-state index contributed by atoms with van der Waals surface area (Å²) in [6.07, 6.45) is 0.487. The van der Waals surface area contributed by atoms with Gasteiger partial charge in [-0.1, -0.05) is 32.9 Å². The third kappa shape index (κ3) is 3.13. The Morgan fingerprint density at radius 1 is 1.20 bits per heavy atom. The van der Waals surface area contributed by atoms with Crippen molar-refractivity contribution in [2.45, 2.75) is 34.1 Å². The maximum atomic E-state index is 12.4. The van der Waals surface area contributed by atoms with Crippen LogP contribution in [0.5, 0.6) is 0 Å². The van der Waals surface area contributed by atoms with Crippen LogP contribution in [0.2, 0.25) is 0 Å². The van der Waals surface area contributed by atoms with Crippen LogP contribution in [0.3, 0.4) is 0 Å². The minimum absolute atomic E-state index is 0.0385. The molecule has 4 heteroatoms. The number of hydrogen-bond acceptors (Lipinski definition) is 3. The van der Waals surface area contributed by atoms with Crippen molar-refractivity contribution in [1.82, 2.24) is 9.97 Å². The first-order valence-electron chi connectivity index (χ1n) is 6.78. The Bertz CT molecular complexity index is 644. The summed E-state index contributed by atoms with van der Waals surface area (Å²) in [4.78, 5) is 22.9. The predicted molar refractivity (Wildman–Crippen MR) is 81.8 cm³/mol. The van der Waals surface area contributed by atoms with Crippen molar-refractivity contribution in [1.29, 1.82) is 0 Å². The highest BCUT2D eigenvalue weighted by Crippen LogP contribution is 2.26. The van der Waals surface area contributed by atoms with Crippen molar-refractivity contribution in [3.8, 4) is 0 Å². The fraction of sp³-hybridized carbons (Fsp3) is 0.438. The molecule has 4 nitrogen and oxygen atoms in total. The smallest absolute Gasteiger partial charge is 0.228 e. The van der Waals surface area contributed by atoms with Crippen LogP contribution in [-0.4, -0.2) is 22.9 Å². The van der Waals surface area contributed by atoms with Gasteiger partial charge in [-0.05, 0) is 24.5 Å². The zero-order valence-corrected chi connectivity index (χ0v) is 12.8. The van der Waals surface area contributed by atoms with E-state index in [9.17, 15) is 4.79 Å². The number of aromatic nitrogens is 2. The number of rotatable bonds is 2. The fourth-order valence-corrected chi connectivity index (χ4v) is 2.12. The molecule has 2 rings (SSSR count). The molecule has 20 heavy (non-hydrogen) atoms. The van der Waals surface area contributed by atoms with E-state index in [1.54, 1.807) is 11.9 Å². The Hall–Kier alpha value is -1.97. The van der Waals surface area contributed by atoms with Crippen LogP contribution < -0.4 is 4.90 Å². The van der Waals surface area contributed by atoms with Gasteiger partial charge in [0.1, 0.15) is 11.6 Å². The van der Waals surface area contributed by atoms with E-state index < -0.39 is 0 Å². The normalized spacial score (nSPS) is 11.7. The number of hydrogen-bond donors (Lipinski definition) is 0. The van der Waals surface area contributed by atoms with E-state index in [-0.39, 0.29) is 11.3 Å². The average molecular weight is 271 g/mol. The van der Waals surface area contributed by atoms with Gasteiger partial charge in [0.15, 0.2) is 0 Å². The number of nitrogens with zero attached hydrogens (tertiary/aromatic N) is 3. The van der Waals surface area contributed by atoms with Crippen LogP contribution in [0, 0.1) is 12.3 Å².